The van der Waals surface area contributed by atoms with Crippen molar-refractivity contribution >= 4 is 6.03 Å². The van der Waals surface area contributed by atoms with Crippen LogP contribution in [0.2, 0.25) is 0 Å². The number of nitrogens with one attached hydrogen (secondary N) is 2. The molecule has 2 amide bonds. The fourth-order valence-corrected chi connectivity index (χ4v) is 4.07. The fourth-order valence-electron chi connectivity index (χ4n) is 4.07. The summed E-state index contributed by atoms with van der Waals surface area (Å²) in [6.07, 6.45) is 8.73. The first-order valence-corrected chi connectivity index (χ1v) is 10.1. The van der Waals surface area contributed by atoms with Crippen molar-refractivity contribution in [1.29, 1.82) is 0 Å². The van der Waals surface area contributed by atoms with E-state index < -0.39 is 0 Å². The van der Waals surface area contributed by atoms with Gasteiger partial charge in [0.05, 0.1) is 6.04 Å². The number of hydrogen-bond acceptors (Lipinski definition) is 2. The second-order valence-electron chi connectivity index (χ2n) is 7.71. The Morgan fingerprint density at radius 2 is 1.96 bits per heavy atom. The largest absolute Gasteiger partial charge is 0.338 e. The molecule has 0 radical (unpaired) electrons. The van der Waals surface area contributed by atoms with Crippen LogP contribution in [0.1, 0.15) is 63.5 Å². The third-order valence-corrected chi connectivity index (χ3v) is 5.91. The second kappa shape index (κ2) is 9.23. The van der Waals surface area contributed by atoms with Gasteiger partial charge in [0.25, 0.3) is 0 Å². The zero-order valence-corrected chi connectivity index (χ0v) is 15.5. The van der Waals surface area contributed by atoms with Gasteiger partial charge in [-0.05, 0) is 57.1 Å². The molecule has 1 heterocycles. The number of piperidine rings is 1. The molecule has 138 valence electrons. The molecule has 0 aromatic heterocycles. The lowest BCUT2D eigenvalue weighted by molar-refractivity contribution is 0.158. The lowest BCUT2D eigenvalue weighted by atomic mass is 9.77. The average molecular weight is 344 g/mol. The van der Waals surface area contributed by atoms with E-state index in [1.165, 1.54) is 50.6 Å². The van der Waals surface area contributed by atoms with E-state index in [0.717, 1.165) is 19.5 Å². The number of benzene rings is 1. The second-order valence-corrected chi connectivity index (χ2v) is 7.71. The van der Waals surface area contributed by atoms with Crippen molar-refractivity contribution in [3.8, 4) is 0 Å². The van der Waals surface area contributed by atoms with E-state index in [1.54, 1.807) is 0 Å². The number of likely N-dealkylation sites (tertiary alicyclic amines) is 1. The molecular formula is C21H33N3O. The van der Waals surface area contributed by atoms with Gasteiger partial charge in [-0.3, -0.25) is 0 Å². The molecule has 2 unspecified atom stereocenters. The van der Waals surface area contributed by atoms with Crippen LogP contribution in [0.3, 0.4) is 0 Å². The smallest absolute Gasteiger partial charge is 0.315 e. The van der Waals surface area contributed by atoms with Crippen LogP contribution >= 0.6 is 0 Å². The highest BCUT2D eigenvalue weighted by molar-refractivity contribution is 5.74. The van der Waals surface area contributed by atoms with Crippen LogP contribution in [0.15, 0.2) is 30.3 Å². The first-order chi connectivity index (χ1) is 12.2. The third-order valence-electron chi connectivity index (χ3n) is 5.91. The predicted octanol–water partition coefficient (Wildman–Crippen LogP) is 4.09. The molecule has 2 atom stereocenters. The molecule has 2 fully saturated rings. The van der Waals surface area contributed by atoms with Crippen LogP contribution in [0, 0.1) is 5.92 Å². The molecule has 2 aliphatic rings. The van der Waals surface area contributed by atoms with Crippen molar-refractivity contribution in [3.63, 3.8) is 0 Å². The van der Waals surface area contributed by atoms with Crippen LogP contribution < -0.4 is 10.6 Å². The van der Waals surface area contributed by atoms with Crippen LogP contribution in [0.4, 0.5) is 4.79 Å². The van der Waals surface area contributed by atoms with Gasteiger partial charge in [0.15, 0.2) is 0 Å². The van der Waals surface area contributed by atoms with E-state index in [-0.39, 0.29) is 12.1 Å². The van der Waals surface area contributed by atoms with E-state index >= 15 is 0 Å². The van der Waals surface area contributed by atoms with Crippen LogP contribution in [-0.4, -0.2) is 36.6 Å². The van der Waals surface area contributed by atoms with E-state index in [0.29, 0.717) is 12.0 Å². The summed E-state index contributed by atoms with van der Waals surface area (Å²) < 4.78 is 0. The van der Waals surface area contributed by atoms with Gasteiger partial charge in [0, 0.05) is 19.1 Å². The SMILES string of the molecule is CC1CCCCN1CCCNC(=O)NC(c1ccccc1)C1CCC1. The highest BCUT2D eigenvalue weighted by atomic mass is 16.2. The standard InChI is InChI=1S/C21H33N3O/c1-17-9-5-6-15-24(17)16-8-14-22-21(25)23-20(19-12-7-13-19)18-10-3-2-4-11-18/h2-4,10-11,17,19-20H,5-9,12-16H2,1H3,(H2,22,23,25). The van der Waals surface area contributed by atoms with Gasteiger partial charge in [0.1, 0.15) is 0 Å². The Morgan fingerprint density at radius 3 is 2.64 bits per heavy atom. The summed E-state index contributed by atoms with van der Waals surface area (Å²) in [5.74, 6) is 0.586. The van der Waals surface area contributed by atoms with Crippen molar-refractivity contribution in [2.45, 2.75) is 64.0 Å². The highest BCUT2D eigenvalue weighted by Gasteiger charge is 2.29. The summed E-state index contributed by atoms with van der Waals surface area (Å²) in [6.45, 7) is 5.38. The first kappa shape index (κ1) is 18.2. The van der Waals surface area contributed by atoms with Gasteiger partial charge < -0.3 is 15.5 Å². The minimum atomic E-state index is -0.0209. The molecule has 0 spiro atoms. The summed E-state index contributed by atoms with van der Waals surface area (Å²) in [5, 5.41) is 6.28. The normalized spacial score (nSPS) is 22.8. The van der Waals surface area contributed by atoms with E-state index in [2.05, 4.69) is 46.7 Å². The number of rotatable bonds is 7. The van der Waals surface area contributed by atoms with Crippen molar-refractivity contribution in [3.05, 3.63) is 35.9 Å². The predicted molar refractivity (Wildman–Crippen MR) is 103 cm³/mol. The molecule has 4 heteroatoms. The maximum Gasteiger partial charge on any atom is 0.315 e. The Hall–Kier alpha value is -1.55. The van der Waals surface area contributed by atoms with Gasteiger partial charge in [-0.15, -0.1) is 0 Å². The zero-order chi connectivity index (χ0) is 17.5. The molecule has 25 heavy (non-hydrogen) atoms. The fraction of sp³-hybridized carbons (Fsp3) is 0.667. The molecule has 1 saturated carbocycles. The van der Waals surface area contributed by atoms with Crippen molar-refractivity contribution < 1.29 is 4.79 Å². The molecule has 3 rings (SSSR count). The van der Waals surface area contributed by atoms with Crippen LogP contribution in [0.5, 0.6) is 0 Å². The van der Waals surface area contributed by atoms with Gasteiger partial charge in [0.2, 0.25) is 0 Å². The van der Waals surface area contributed by atoms with Gasteiger partial charge in [-0.25, -0.2) is 4.79 Å². The van der Waals surface area contributed by atoms with Crippen LogP contribution in [0.25, 0.3) is 0 Å². The molecule has 0 bridgehead atoms. The summed E-state index contributed by atoms with van der Waals surface area (Å²) >= 11 is 0. The Morgan fingerprint density at radius 1 is 1.16 bits per heavy atom. The Kier molecular flexibility index (Phi) is 6.74. The minimum Gasteiger partial charge on any atom is -0.338 e. The monoisotopic (exact) mass is 343 g/mol. The molecule has 1 saturated heterocycles. The molecular weight excluding hydrogens is 310 g/mol. The van der Waals surface area contributed by atoms with Gasteiger partial charge in [-0.1, -0.05) is 43.2 Å². The van der Waals surface area contributed by atoms with E-state index in [9.17, 15) is 4.79 Å². The van der Waals surface area contributed by atoms with Crippen molar-refractivity contribution in [2.75, 3.05) is 19.6 Å². The molecule has 1 aromatic rings. The van der Waals surface area contributed by atoms with Crippen LogP contribution in [-0.2, 0) is 0 Å². The summed E-state index contributed by atoms with van der Waals surface area (Å²) in [6, 6.07) is 11.2. The number of amides is 2. The number of nitrogens with zero attached hydrogens (tertiary/aromatic N) is 1. The molecule has 1 aliphatic carbocycles. The number of urea groups is 1. The Bertz CT molecular complexity index is 529. The molecule has 1 aliphatic heterocycles. The van der Waals surface area contributed by atoms with Gasteiger partial charge in [-0.2, -0.15) is 0 Å². The van der Waals surface area contributed by atoms with E-state index in [1.807, 2.05) is 6.07 Å². The average Bonchev–Trinajstić information content (AvgIpc) is 2.59. The van der Waals surface area contributed by atoms with Gasteiger partial charge >= 0.3 is 6.03 Å². The minimum absolute atomic E-state index is 0.0209. The zero-order valence-electron chi connectivity index (χ0n) is 15.5. The first-order valence-electron chi connectivity index (χ1n) is 10.1. The lowest BCUT2D eigenvalue weighted by Gasteiger charge is -2.35. The number of hydrogen-bond donors (Lipinski definition) is 2. The van der Waals surface area contributed by atoms with Crippen molar-refractivity contribution in [1.82, 2.24) is 15.5 Å². The number of carbonyl (C=O) groups is 1. The highest BCUT2D eigenvalue weighted by Crippen LogP contribution is 2.37. The maximum atomic E-state index is 12.4. The topological polar surface area (TPSA) is 44.4 Å². The summed E-state index contributed by atoms with van der Waals surface area (Å²) in [7, 11) is 0. The Balaban J connectivity index is 1.41. The third kappa shape index (κ3) is 5.21. The summed E-state index contributed by atoms with van der Waals surface area (Å²) in [5.41, 5.74) is 1.23. The molecule has 2 N–H and O–H groups in total. The number of carbonyl (C=O) groups excluding carboxylic acids is 1. The molecule has 1 aromatic carbocycles. The lowest BCUT2D eigenvalue weighted by Crippen LogP contribution is -2.43. The van der Waals surface area contributed by atoms with E-state index in [4.69, 9.17) is 0 Å². The summed E-state index contributed by atoms with van der Waals surface area (Å²) in [4.78, 5) is 14.9. The Labute approximate surface area is 152 Å². The quantitative estimate of drug-likeness (QED) is 0.732. The van der Waals surface area contributed by atoms with Crippen molar-refractivity contribution in [2.24, 2.45) is 5.92 Å². The maximum absolute atomic E-state index is 12.4. The molecule has 4 nitrogen and oxygen atoms in total.